The average Bonchev–Trinajstić information content (AvgIpc) is 2.62. The molecule has 1 aliphatic rings. The number of rotatable bonds is 3. The molecule has 1 aromatic heterocycles. The minimum atomic E-state index is -0.0567. The summed E-state index contributed by atoms with van der Waals surface area (Å²) in [5, 5.41) is 6.84. The zero-order chi connectivity index (χ0) is 10.8. The van der Waals surface area contributed by atoms with Gasteiger partial charge in [0.2, 0.25) is 0 Å². The molecule has 1 amide bonds. The van der Waals surface area contributed by atoms with Gasteiger partial charge < -0.3 is 11.1 Å². The van der Waals surface area contributed by atoms with Gasteiger partial charge in [0.1, 0.15) is 4.88 Å². The molecule has 1 fully saturated rings. The van der Waals surface area contributed by atoms with Gasteiger partial charge in [0, 0.05) is 12.1 Å². The SMILES string of the molecule is CCc1nnsc1C(=O)NC1CC(N)C1. The van der Waals surface area contributed by atoms with Crippen molar-refractivity contribution in [1.82, 2.24) is 14.9 Å². The highest BCUT2D eigenvalue weighted by Crippen LogP contribution is 2.19. The fraction of sp³-hybridized carbons (Fsp3) is 0.667. The van der Waals surface area contributed by atoms with E-state index < -0.39 is 0 Å². The third-order valence-electron chi connectivity index (χ3n) is 2.61. The third kappa shape index (κ3) is 2.15. The van der Waals surface area contributed by atoms with Crippen molar-refractivity contribution in [3.8, 4) is 0 Å². The second-order valence-electron chi connectivity index (χ2n) is 3.80. The van der Waals surface area contributed by atoms with Crippen LogP contribution in [0, 0.1) is 0 Å². The van der Waals surface area contributed by atoms with Crippen molar-refractivity contribution < 1.29 is 4.79 Å². The number of aryl methyl sites for hydroxylation is 1. The molecule has 82 valence electrons. The van der Waals surface area contributed by atoms with Crippen molar-refractivity contribution in [2.24, 2.45) is 5.73 Å². The van der Waals surface area contributed by atoms with E-state index in [2.05, 4.69) is 14.9 Å². The number of carbonyl (C=O) groups excluding carboxylic acids is 1. The van der Waals surface area contributed by atoms with Crippen molar-refractivity contribution in [2.45, 2.75) is 38.3 Å². The lowest BCUT2D eigenvalue weighted by Gasteiger charge is -2.32. The molecule has 0 unspecified atom stereocenters. The van der Waals surface area contributed by atoms with Crippen LogP contribution in [0.25, 0.3) is 0 Å². The Morgan fingerprint density at radius 2 is 2.40 bits per heavy atom. The summed E-state index contributed by atoms with van der Waals surface area (Å²) in [4.78, 5) is 12.4. The molecule has 1 saturated carbocycles. The molecule has 0 aromatic carbocycles. The van der Waals surface area contributed by atoms with Crippen LogP contribution >= 0.6 is 11.5 Å². The number of amides is 1. The highest BCUT2D eigenvalue weighted by atomic mass is 32.1. The number of nitrogens with two attached hydrogens (primary N) is 1. The maximum absolute atomic E-state index is 11.8. The monoisotopic (exact) mass is 226 g/mol. The lowest BCUT2D eigenvalue weighted by atomic mass is 9.87. The second kappa shape index (κ2) is 4.24. The molecule has 6 heteroatoms. The second-order valence-corrected chi connectivity index (χ2v) is 4.56. The number of hydrogen-bond donors (Lipinski definition) is 2. The zero-order valence-electron chi connectivity index (χ0n) is 8.56. The van der Waals surface area contributed by atoms with E-state index in [1.54, 1.807) is 0 Å². The maximum atomic E-state index is 11.8. The first-order chi connectivity index (χ1) is 7.20. The minimum Gasteiger partial charge on any atom is -0.348 e. The summed E-state index contributed by atoms with van der Waals surface area (Å²) in [7, 11) is 0. The molecule has 1 aliphatic carbocycles. The van der Waals surface area contributed by atoms with Gasteiger partial charge in [-0.15, -0.1) is 5.10 Å². The van der Waals surface area contributed by atoms with E-state index >= 15 is 0 Å². The molecule has 0 bridgehead atoms. The normalized spacial score (nSPS) is 24.7. The minimum absolute atomic E-state index is 0.0567. The summed E-state index contributed by atoms with van der Waals surface area (Å²) in [6.45, 7) is 1.97. The van der Waals surface area contributed by atoms with Gasteiger partial charge in [-0.2, -0.15) is 0 Å². The summed E-state index contributed by atoms with van der Waals surface area (Å²) < 4.78 is 3.79. The number of hydrogen-bond acceptors (Lipinski definition) is 5. The van der Waals surface area contributed by atoms with Crippen LogP contribution in [0.1, 0.15) is 35.1 Å². The molecular formula is C9H14N4OS. The molecule has 0 atom stereocenters. The lowest BCUT2D eigenvalue weighted by Crippen LogP contribution is -2.50. The molecule has 1 heterocycles. The molecule has 3 N–H and O–H groups in total. The predicted molar refractivity (Wildman–Crippen MR) is 57.8 cm³/mol. The molecular weight excluding hydrogens is 212 g/mol. The van der Waals surface area contributed by atoms with Crippen molar-refractivity contribution in [3.05, 3.63) is 10.6 Å². The maximum Gasteiger partial charge on any atom is 0.265 e. The van der Waals surface area contributed by atoms with Gasteiger partial charge in [0.05, 0.1) is 5.69 Å². The summed E-state index contributed by atoms with van der Waals surface area (Å²) in [5.74, 6) is -0.0567. The van der Waals surface area contributed by atoms with Crippen molar-refractivity contribution in [1.29, 1.82) is 0 Å². The van der Waals surface area contributed by atoms with Crippen LogP contribution in [-0.4, -0.2) is 27.6 Å². The first-order valence-electron chi connectivity index (χ1n) is 5.08. The Bertz CT molecular complexity index is 359. The average molecular weight is 226 g/mol. The zero-order valence-corrected chi connectivity index (χ0v) is 9.38. The Labute approximate surface area is 92.2 Å². The van der Waals surface area contributed by atoms with Gasteiger partial charge in [-0.3, -0.25) is 4.79 Å². The quantitative estimate of drug-likeness (QED) is 0.777. The number of nitrogens with zero attached hydrogens (tertiary/aromatic N) is 2. The Hall–Kier alpha value is -1.01. The van der Waals surface area contributed by atoms with E-state index in [1.165, 1.54) is 0 Å². The summed E-state index contributed by atoms with van der Waals surface area (Å²) in [6, 6.07) is 0.486. The Kier molecular flexibility index (Phi) is 2.97. The van der Waals surface area contributed by atoms with Crippen LogP contribution in [0.2, 0.25) is 0 Å². The number of nitrogens with one attached hydrogen (secondary N) is 1. The van der Waals surface area contributed by atoms with Crippen molar-refractivity contribution in [2.75, 3.05) is 0 Å². The summed E-state index contributed by atoms with van der Waals surface area (Å²) in [5.41, 5.74) is 6.42. The molecule has 1 aromatic rings. The largest absolute Gasteiger partial charge is 0.348 e. The van der Waals surface area contributed by atoms with Crippen molar-refractivity contribution >= 4 is 17.4 Å². The van der Waals surface area contributed by atoms with E-state index in [-0.39, 0.29) is 18.0 Å². The molecule has 0 aliphatic heterocycles. The molecule has 0 saturated heterocycles. The third-order valence-corrected chi connectivity index (χ3v) is 3.37. The summed E-state index contributed by atoms with van der Waals surface area (Å²) in [6.07, 6.45) is 2.49. The van der Waals surface area contributed by atoms with Crippen LogP contribution in [0.3, 0.4) is 0 Å². The first-order valence-corrected chi connectivity index (χ1v) is 5.85. The van der Waals surface area contributed by atoms with Gasteiger partial charge >= 0.3 is 0 Å². The van der Waals surface area contributed by atoms with Crippen LogP contribution < -0.4 is 11.1 Å². The molecule has 0 spiro atoms. The highest BCUT2D eigenvalue weighted by Gasteiger charge is 2.28. The molecule has 0 radical (unpaired) electrons. The number of carbonyl (C=O) groups is 1. The molecule has 2 rings (SSSR count). The lowest BCUT2D eigenvalue weighted by molar-refractivity contribution is 0.0913. The molecule has 15 heavy (non-hydrogen) atoms. The Morgan fingerprint density at radius 3 is 3.00 bits per heavy atom. The summed E-state index contributed by atoms with van der Waals surface area (Å²) >= 11 is 1.16. The molecule has 5 nitrogen and oxygen atoms in total. The Morgan fingerprint density at radius 1 is 1.67 bits per heavy atom. The van der Waals surface area contributed by atoms with E-state index in [1.807, 2.05) is 6.92 Å². The van der Waals surface area contributed by atoms with E-state index in [9.17, 15) is 4.79 Å². The van der Waals surface area contributed by atoms with Crippen LogP contribution in [0.15, 0.2) is 0 Å². The topological polar surface area (TPSA) is 80.9 Å². The van der Waals surface area contributed by atoms with Gasteiger partial charge in [0.25, 0.3) is 5.91 Å². The van der Waals surface area contributed by atoms with Gasteiger partial charge in [-0.1, -0.05) is 11.4 Å². The van der Waals surface area contributed by atoms with Crippen molar-refractivity contribution in [3.63, 3.8) is 0 Å². The predicted octanol–water partition coefficient (Wildman–Crippen LogP) is 0.320. The fourth-order valence-electron chi connectivity index (χ4n) is 1.64. The van der Waals surface area contributed by atoms with Gasteiger partial charge in [-0.25, -0.2) is 0 Å². The highest BCUT2D eigenvalue weighted by molar-refractivity contribution is 7.08. The fourth-order valence-corrected chi connectivity index (χ4v) is 2.30. The van der Waals surface area contributed by atoms with Crippen LogP contribution in [-0.2, 0) is 6.42 Å². The van der Waals surface area contributed by atoms with Crippen LogP contribution in [0.5, 0.6) is 0 Å². The van der Waals surface area contributed by atoms with E-state index in [0.29, 0.717) is 4.88 Å². The first kappa shape index (κ1) is 10.5. The van der Waals surface area contributed by atoms with Gasteiger partial charge in [0.15, 0.2) is 0 Å². The van der Waals surface area contributed by atoms with E-state index in [0.717, 1.165) is 36.5 Å². The standard InChI is InChI=1S/C9H14N4OS/c1-2-7-8(15-13-12-7)9(14)11-6-3-5(10)4-6/h5-6H,2-4,10H2,1H3,(H,11,14). The van der Waals surface area contributed by atoms with Crippen LogP contribution in [0.4, 0.5) is 0 Å². The van der Waals surface area contributed by atoms with E-state index in [4.69, 9.17) is 5.73 Å². The Balaban J connectivity index is 1.96. The smallest absolute Gasteiger partial charge is 0.265 e. The number of aromatic nitrogens is 2. The van der Waals surface area contributed by atoms with Gasteiger partial charge in [-0.05, 0) is 30.8 Å².